The highest BCUT2D eigenvalue weighted by Crippen LogP contribution is 2.19. The van der Waals surface area contributed by atoms with Crippen molar-refractivity contribution in [1.29, 1.82) is 0 Å². The Morgan fingerprint density at radius 1 is 1.40 bits per heavy atom. The van der Waals surface area contributed by atoms with Crippen LogP contribution in [0.25, 0.3) is 0 Å². The summed E-state index contributed by atoms with van der Waals surface area (Å²) in [6.45, 7) is 3.21. The van der Waals surface area contributed by atoms with E-state index in [0.717, 1.165) is 13.0 Å². The molecule has 0 aromatic heterocycles. The van der Waals surface area contributed by atoms with E-state index < -0.39 is 5.38 Å². The SMILES string of the molecule is C[C@@H](Cl)C(=O)N1CCc2ccccc2C1. The second-order valence-corrected chi connectivity index (χ2v) is 4.55. The molecule has 1 aromatic carbocycles. The number of amides is 1. The van der Waals surface area contributed by atoms with Crippen LogP contribution in [0.3, 0.4) is 0 Å². The number of nitrogens with zero attached hydrogens (tertiary/aromatic N) is 1. The first-order valence-electron chi connectivity index (χ1n) is 5.18. The molecule has 1 aromatic rings. The third-order valence-corrected chi connectivity index (χ3v) is 2.97. The molecule has 1 atom stereocenters. The van der Waals surface area contributed by atoms with Crippen molar-refractivity contribution in [2.75, 3.05) is 6.54 Å². The average molecular weight is 224 g/mol. The normalized spacial score (nSPS) is 17.1. The number of benzene rings is 1. The number of carbonyl (C=O) groups is 1. The molecule has 0 saturated carbocycles. The van der Waals surface area contributed by atoms with Gasteiger partial charge >= 0.3 is 0 Å². The molecule has 1 amide bonds. The van der Waals surface area contributed by atoms with E-state index in [4.69, 9.17) is 11.6 Å². The maximum absolute atomic E-state index is 11.7. The van der Waals surface area contributed by atoms with Gasteiger partial charge in [-0.15, -0.1) is 11.6 Å². The molecule has 3 heteroatoms. The van der Waals surface area contributed by atoms with E-state index in [1.807, 2.05) is 17.0 Å². The summed E-state index contributed by atoms with van der Waals surface area (Å²) in [4.78, 5) is 13.5. The van der Waals surface area contributed by atoms with Crippen molar-refractivity contribution in [1.82, 2.24) is 4.90 Å². The third-order valence-electron chi connectivity index (χ3n) is 2.78. The van der Waals surface area contributed by atoms with Gasteiger partial charge in [-0.2, -0.15) is 0 Å². The van der Waals surface area contributed by atoms with Crippen molar-refractivity contribution in [3.05, 3.63) is 35.4 Å². The van der Waals surface area contributed by atoms with Crippen LogP contribution >= 0.6 is 11.6 Å². The van der Waals surface area contributed by atoms with E-state index in [2.05, 4.69) is 12.1 Å². The van der Waals surface area contributed by atoms with Crippen molar-refractivity contribution in [3.8, 4) is 0 Å². The summed E-state index contributed by atoms with van der Waals surface area (Å²) in [5, 5.41) is -0.421. The zero-order valence-electron chi connectivity index (χ0n) is 8.74. The first-order chi connectivity index (χ1) is 7.18. The molecule has 2 rings (SSSR count). The Morgan fingerprint density at radius 3 is 2.73 bits per heavy atom. The van der Waals surface area contributed by atoms with Crippen LogP contribution in [0.2, 0.25) is 0 Å². The zero-order valence-corrected chi connectivity index (χ0v) is 9.50. The highest BCUT2D eigenvalue weighted by molar-refractivity contribution is 6.30. The van der Waals surface area contributed by atoms with Crippen LogP contribution in [-0.2, 0) is 17.8 Å². The Balaban J connectivity index is 2.15. The summed E-state index contributed by atoms with van der Waals surface area (Å²) in [6, 6.07) is 8.26. The third kappa shape index (κ3) is 2.15. The number of hydrogen-bond acceptors (Lipinski definition) is 1. The summed E-state index contributed by atoms with van der Waals surface area (Å²) in [7, 11) is 0. The first-order valence-corrected chi connectivity index (χ1v) is 5.62. The van der Waals surface area contributed by atoms with Crippen molar-refractivity contribution in [2.45, 2.75) is 25.3 Å². The molecule has 0 N–H and O–H groups in total. The van der Waals surface area contributed by atoms with Crippen LogP contribution in [0.15, 0.2) is 24.3 Å². The number of alkyl halides is 1. The van der Waals surface area contributed by atoms with Crippen LogP contribution in [0.4, 0.5) is 0 Å². The zero-order chi connectivity index (χ0) is 10.8. The molecular weight excluding hydrogens is 210 g/mol. The summed E-state index contributed by atoms with van der Waals surface area (Å²) in [6.07, 6.45) is 0.936. The highest BCUT2D eigenvalue weighted by Gasteiger charge is 2.22. The number of halogens is 1. The number of hydrogen-bond donors (Lipinski definition) is 0. The molecule has 0 bridgehead atoms. The largest absolute Gasteiger partial charge is 0.337 e. The van der Waals surface area contributed by atoms with Crippen molar-refractivity contribution in [3.63, 3.8) is 0 Å². The Bertz CT molecular complexity index is 376. The minimum absolute atomic E-state index is 0.0335. The van der Waals surface area contributed by atoms with Gasteiger partial charge in [0.2, 0.25) is 5.91 Å². The quantitative estimate of drug-likeness (QED) is 0.669. The molecule has 0 saturated heterocycles. The molecule has 1 aliphatic heterocycles. The van der Waals surface area contributed by atoms with E-state index in [1.54, 1.807) is 6.92 Å². The molecule has 0 fully saturated rings. The van der Waals surface area contributed by atoms with Crippen molar-refractivity contribution >= 4 is 17.5 Å². The molecule has 0 spiro atoms. The van der Waals surface area contributed by atoms with Gasteiger partial charge in [0.05, 0.1) is 0 Å². The topological polar surface area (TPSA) is 20.3 Å². The van der Waals surface area contributed by atoms with Gasteiger partial charge in [-0.25, -0.2) is 0 Å². The minimum atomic E-state index is -0.421. The van der Waals surface area contributed by atoms with Gasteiger partial charge < -0.3 is 4.90 Å². The van der Waals surface area contributed by atoms with Gasteiger partial charge in [-0.05, 0) is 24.5 Å². The number of fused-ring (bicyclic) bond motifs is 1. The van der Waals surface area contributed by atoms with Gasteiger partial charge in [0.15, 0.2) is 0 Å². The number of rotatable bonds is 1. The van der Waals surface area contributed by atoms with Gasteiger partial charge in [-0.1, -0.05) is 24.3 Å². The fourth-order valence-electron chi connectivity index (χ4n) is 1.94. The highest BCUT2D eigenvalue weighted by atomic mass is 35.5. The lowest BCUT2D eigenvalue weighted by atomic mass is 10.00. The lowest BCUT2D eigenvalue weighted by Gasteiger charge is -2.29. The first kappa shape index (κ1) is 10.5. The van der Waals surface area contributed by atoms with E-state index in [-0.39, 0.29) is 5.91 Å². The van der Waals surface area contributed by atoms with Gasteiger partial charge in [0, 0.05) is 13.1 Å². The minimum Gasteiger partial charge on any atom is -0.337 e. The number of carbonyl (C=O) groups excluding carboxylic acids is 1. The molecule has 0 radical (unpaired) electrons. The molecule has 15 heavy (non-hydrogen) atoms. The Hall–Kier alpha value is -1.02. The van der Waals surface area contributed by atoms with Crippen molar-refractivity contribution < 1.29 is 4.79 Å². The van der Waals surface area contributed by atoms with Crippen LogP contribution in [0.1, 0.15) is 18.1 Å². The Kier molecular flexibility index (Phi) is 2.96. The summed E-state index contributed by atoms with van der Waals surface area (Å²) >= 11 is 5.80. The standard InChI is InChI=1S/C12H14ClNO/c1-9(13)12(15)14-7-6-10-4-2-3-5-11(10)8-14/h2-5,9H,6-8H2,1H3/t9-/m1/s1. The summed E-state index contributed by atoms with van der Waals surface area (Å²) < 4.78 is 0. The van der Waals surface area contributed by atoms with Crippen LogP contribution in [0.5, 0.6) is 0 Å². The lowest BCUT2D eigenvalue weighted by molar-refractivity contribution is -0.131. The van der Waals surface area contributed by atoms with Gasteiger partial charge in [0.25, 0.3) is 0 Å². The molecule has 80 valence electrons. The monoisotopic (exact) mass is 223 g/mol. The fourth-order valence-corrected chi connectivity index (χ4v) is 2.07. The van der Waals surface area contributed by atoms with Crippen molar-refractivity contribution in [2.24, 2.45) is 0 Å². The average Bonchev–Trinajstić information content (AvgIpc) is 2.27. The fraction of sp³-hybridized carbons (Fsp3) is 0.417. The Labute approximate surface area is 94.8 Å². The summed E-state index contributed by atoms with van der Waals surface area (Å²) in [5.74, 6) is 0.0335. The Morgan fingerprint density at radius 2 is 2.07 bits per heavy atom. The maximum atomic E-state index is 11.7. The van der Waals surface area contributed by atoms with E-state index >= 15 is 0 Å². The van der Waals surface area contributed by atoms with E-state index in [9.17, 15) is 4.79 Å². The van der Waals surface area contributed by atoms with Gasteiger partial charge in [-0.3, -0.25) is 4.79 Å². The second-order valence-electron chi connectivity index (χ2n) is 3.89. The molecule has 2 nitrogen and oxygen atoms in total. The van der Waals surface area contributed by atoms with E-state index in [0.29, 0.717) is 6.54 Å². The molecule has 1 heterocycles. The molecule has 0 aliphatic carbocycles. The predicted octanol–water partition coefficient (Wildman–Crippen LogP) is 2.20. The maximum Gasteiger partial charge on any atom is 0.240 e. The van der Waals surface area contributed by atoms with Crippen LogP contribution < -0.4 is 0 Å². The lowest BCUT2D eigenvalue weighted by Crippen LogP contribution is -2.39. The molecule has 1 aliphatic rings. The van der Waals surface area contributed by atoms with Crippen LogP contribution in [0, 0.1) is 0 Å². The smallest absolute Gasteiger partial charge is 0.240 e. The molecular formula is C12H14ClNO. The predicted molar refractivity (Wildman–Crippen MR) is 60.9 cm³/mol. The second kappa shape index (κ2) is 4.23. The van der Waals surface area contributed by atoms with Gasteiger partial charge in [0.1, 0.15) is 5.38 Å². The molecule has 0 unspecified atom stereocenters. The summed E-state index contributed by atoms with van der Waals surface area (Å²) in [5.41, 5.74) is 2.60. The van der Waals surface area contributed by atoms with E-state index in [1.165, 1.54) is 11.1 Å². The van der Waals surface area contributed by atoms with Crippen LogP contribution in [-0.4, -0.2) is 22.7 Å².